The molecule has 3 heteroatoms. The molecule has 56 valence electrons. The van der Waals surface area contributed by atoms with Crippen molar-refractivity contribution in [1.82, 2.24) is 0 Å². The molecule has 2 nitrogen and oxygen atoms in total. The Morgan fingerprint density at radius 1 is 1.90 bits per heavy atom. The first kappa shape index (κ1) is 6.70. The van der Waals surface area contributed by atoms with Gasteiger partial charge in [-0.2, -0.15) is 0 Å². The number of hydrogen-bond donors (Lipinski definition) is 1. The van der Waals surface area contributed by atoms with E-state index >= 15 is 0 Å². The Labute approximate surface area is 64.3 Å². The number of thioether (sulfide) groups is 1. The van der Waals surface area contributed by atoms with E-state index in [0.717, 1.165) is 12.2 Å². The molecule has 1 spiro atoms. The summed E-state index contributed by atoms with van der Waals surface area (Å²) in [6.07, 6.45) is 0.997. The largest absolute Gasteiger partial charge is 0.393 e. The molecule has 2 aliphatic rings. The fourth-order valence-corrected chi connectivity index (χ4v) is 2.40. The molecule has 2 fully saturated rings. The second-order valence-electron chi connectivity index (χ2n) is 2.82. The van der Waals surface area contributed by atoms with Gasteiger partial charge in [0, 0.05) is 12.2 Å². The number of hydrogen-bond acceptors (Lipinski definition) is 3. The molecule has 1 aliphatic carbocycles. The van der Waals surface area contributed by atoms with Crippen molar-refractivity contribution in [3.63, 3.8) is 0 Å². The van der Waals surface area contributed by atoms with Crippen molar-refractivity contribution >= 4 is 11.8 Å². The van der Waals surface area contributed by atoms with Crippen LogP contribution in [0.3, 0.4) is 0 Å². The molecule has 0 amide bonds. The van der Waals surface area contributed by atoms with E-state index in [9.17, 15) is 0 Å². The molecule has 10 heavy (non-hydrogen) atoms. The highest BCUT2D eigenvalue weighted by atomic mass is 32.2. The number of ether oxygens (including phenoxy) is 1. The van der Waals surface area contributed by atoms with Crippen LogP contribution in [0.5, 0.6) is 0 Å². The van der Waals surface area contributed by atoms with Gasteiger partial charge in [0.2, 0.25) is 0 Å². The summed E-state index contributed by atoms with van der Waals surface area (Å²) in [6, 6.07) is 0. The Kier molecular flexibility index (Phi) is 1.34. The average molecular weight is 158 g/mol. The molecule has 1 heterocycles. The van der Waals surface area contributed by atoms with Gasteiger partial charge in [0.05, 0.1) is 6.61 Å². The monoisotopic (exact) mass is 158 g/mol. The van der Waals surface area contributed by atoms with Gasteiger partial charge in [0.1, 0.15) is 11.0 Å². The molecule has 2 atom stereocenters. The molecular formula is C7H10O2S. The quantitative estimate of drug-likeness (QED) is 0.571. The lowest BCUT2D eigenvalue weighted by Crippen LogP contribution is -2.15. The number of rotatable bonds is 1. The fourth-order valence-electron chi connectivity index (χ4n) is 1.22. The van der Waals surface area contributed by atoms with Crippen LogP contribution in [0.4, 0.5) is 0 Å². The van der Waals surface area contributed by atoms with E-state index in [1.54, 1.807) is 11.8 Å². The van der Waals surface area contributed by atoms with Crippen LogP contribution < -0.4 is 0 Å². The molecule has 0 aromatic heterocycles. The molecule has 1 aliphatic heterocycles. The van der Waals surface area contributed by atoms with Crippen molar-refractivity contribution in [1.29, 1.82) is 0 Å². The zero-order chi connectivity index (χ0) is 7.19. The number of aliphatic hydroxyl groups excluding tert-OH is 1. The summed E-state index contributed by atoms with van der Waals surface area (Å²) in [7, 11) is 0. The second-order valence-corrected chi connectivity index (χ2v) is 3.96. The maximum atomic E-state index is 8.74. The van der Waals surface area contributed by atoms with Crippen molar-refractivity contribution in [2.24, 2.45) is 0 Å². The normalized spacial score (nSPS) is 44.9. The van der Waals surface area contributed by atoms with E-state index in [0.29, 0.717) is 0 Å². The van der Waals surface area contributed by atoms with Crippen molar-refractivity contribution in [2.75, 3.05) is 12.4 Å². The zero-order valence-electron chi connectivity index (χ0n) is 5.67. The third-order valence-corrected chi connectivity index (χ3v) is 3.28. The van der Waals surface area contributed by atoms with Gasteiger partial charge in [-0.1, -0.05) is 6.58 Å². The molecule has 0 radical (unpaired) electrons. The molecule has 2 rings (SSSR count). The Hall–Kier alpha value is 0.01000. The van der Waals surface area contributed by atoms with Gasteiger partial charge < -0.3 is 9.84 Å². The molecule has 0 unspecified atom stereocenters. The third kappa shape index (κ3) is 0.813. The van der Waals surface area contributed by atoms with Gasteiger partial charge in [-0.15, -0.1) is 11.8 Å². The Balaban J connectivity index is 2.01. The fraction of sp³-hybridized carbons (Fsp3) is 0.714. The summed E-state index contributed by atoms with van der Waals surface area (Å²) in [6.45, 7) is 3.98. The minimum Gasteiger partial charge on any atom is -0.393 e. The van der Waals surface area contributed by atoms with Crippen molar-refractivity contribution in [3.05, 3.63) is 12.2 Å². The maximum Gasteiger partial charge on any atom is 0.127 e. The van der Waals surface area contributed by atoms with Crippen LogP contribution in [0, 0.1) is 0 Å². The first-order valence-electron chi connectivity index (χ1n) is 3.35. The molecule has 0 aromatic carbocycles. The predicted octanol–water partition coefficient (Wildman–Crippen LogP) is 0.767. The van der Waals surface area contributed by atoms with E-state index in [1.807, 2.05) is 0 Å². The first-order chi connectivity index (χ1) is 4.77. The van der Waals surface area contributed by atoms with Crippen LogP contribution in [0.1, 0.15) is 6.42 Å². The van der Waals surface area contributed by atoms with Crippen molar-refractivity contribution in [3.8, 4) is 0 Å². The average Bonchev–Trinajstić information content (AvgIpc) is 2.43. The Morgan fingerprint density at radius 3 is 2.90 bits per heavy atom. The molecule has 1 N–H and O–H groups in total. The third-order valence-electron chi connectivity index (χ3n) is 2.03. The summed E-state index contributed by atoms with van der Waals surface area (Å²) in [5, 5.41) is 8.74. The van der Waals surface area contributed by atoms with E-state index < -0.39 is 0 Å². The predicted molar refractivity (Wildman–Crippen MR) is 40.9 cm³/mol. The molecule has 0 bridgehead atoms. The van der Waals surface area contributed by atoms with Gasteiger partial charge in [0.25, 0.3) is 0 Å². The van der Waals surface area contributed by atoms with Crippen LogP contribution in [-0.2, 0) is 4.74 Å². The lowest BCUT2D eigenvalue weighted by atomic mass is 10.4. The second kappa shape index (κ2) is 2.00. The molecule has 1 saturated carbocycles. The SMILES string of the molecule is C=C1C[C@@]12CS[C@H](CO)O2. The highest BCUT2D eigenvalue weighted by Gasteiger charge is 2.54. The van der Waals surface area contributed by atoms with Gasteiger partial charge >= 0.3 is 0 Å². The Bertz CT molecular complexity index is 180. The highest BCUT2D eigenvalue weighted by Crippen LogP contribution is 2.53. The van der Waals surface area contributed by atoms with Crippen LogP contribution in [0.25, 0.3) is 0 Å². The van der Waals surface area contributed by atoms with Crippen molar-refractivity contribution in [2.45, 2.75) is 17.5 Å². The van der Waals surface area contributed by atoms with Gasteiger partial charge in [-0.05, 0) is 5.57 Å². The molecule has 1 saturated heterocycles. The van der Waals surface area contributed by atoms with Crippen molar-refractivity contribution < 1.29 is 9.84 Å². The molecular weight excluding hydrogens is 148 g/mol. The lowest BCUT2D eigenvalue weighted by Gasteiger charge is -2.06. The standard InChI is InChI=1S/C7H10O2S/c1-5-2-7(5)4-10-6(3-8)9-7/h6,8H,1-4H2/t6-,7-/m1/s1. The van der Waals surface area contributed by atoms with Crippen LogP contribution in [0.15, 0.2) is 12.2 Å². The van der Waals surface area contributed by atoms with Crippen LogP contribution in [0.2, 0.25) is 0 Å². The van der Waals surface area contributed by atoms with E-state index in [2.05, 4.69) is 6.58 Å². The summed E-state index contributed by atoms with van der Waals surface area (Å²) < 4.78 is 5.53. The first-order valence-corrected chi connectivity index (χ1v) is 4.40. The highest BCUT2D eigenvalue weighted by molar-refractivity contribution is 8.00. The number of aliphatic hydroxyl groups is 1. The topological polar surface area (TPSA) is 29.5 Å². The minimum atomic E-state index is -0.0158. The van der Waals surface area contributed by atoms with E-state index in [-0.39, 0.29) is 17.6 Å². The van der Waals surface area contributed by atoms with Gasteiger partial charge in [-0.3, -0.25) is 0 Å². The summed E-state index contributed by atoms with van der Waals surface area (Å²) in [5.41, 5.74) is 1.17. The maximum absolute atomic E-state index is 8.74. The Morgan fingerprint density at radius 2 is 2.60 bits per heavy atom. The lowest BCUT2D eigenvalue weighted by molar-refractivity contribution is 0.0274. The summed E-state index contributed by atoms with van der Waals surface area (Å²) in [5.74, 6) is 0.983. The van der Waals surface area contributed by atoms with Gasteiger partial charge in [0.15, 0.2) is 0 Å². The van der Waals surface area contributed by atoms with E-state index in [4.69, 9.17) is 9.84 Å². The van der Waals surface area contributed by atoms with Crippen LogP contribution >= 0.6 is 11.8 Å². The smallest absolute Gasteiger partial charge is 0.127 e. The van der Waals surface area contributed by atoms with E-state index in [1.165, 1.54) is 5.57 Å². The summed E-state index contributed by atoms with van der Waals surface area (Å²) >= 11 is 1.68. The minimum absolute atomic E-state index is 0.000694. The van der Waals surface area contributed by atoms with Gasteiger partial charge in [-0.25, -0.2) is 0 Å². The van der Waals surface area contributed by atoms with Crippen LogP contribution in [-0.4, -0.2) is 28.5 Å². The molecule has 0 aromatic rings. The zero-order valence-corrected chi connectivity index (χ0v) is 6.49. The summed E-state index contributed by atoms with van der Waals surface area (Å²) in [4.78, 5) is 0.